The Labute approximate surface area is 199 Å². The standard InChI is InChI=1S/C29H25NO4/c1-33-25-19-17-24(18-20-25)30-28(31)27(23-15-9-4-10-16-23)34-29(32)26(21-11-5-2-6-12-21)22-13-7-3-8-14-22/h2-20,26-27H,1H3,(H,30,31). The zero-order valence-electron chi connectivity index (χ0n) is 18.8. The summed E-state index contributed by atoms with van der Waals surface area (Å²) in [6.07, 6.45) is -1.12. The normalized spacial score (nSPS) is 11.5. The van der Waals surface area contributed by atoms with Crippen molar-refractivity contribution in [3.63, 3.8) is 0 Å². The Morgan fingerprint density at radius 3 is 1.59 bits per heavy atom. The zero-order valence-corrected chi connectivity index (χ0v) is 18.8. The molecule has 4 aromatic carbocycles. The van der Waals surface area contributed by atoms with E-state index in [4.69, 9.17) is 9.47 Å². The number of carbonyl (C=O) groups is 2. The summed E-state index contributed by atoms with van der Waals surface area (Å²) in [5.41, 5.74) is 2.74. The van der Waals surface area contributed by atoms with E-state index in [0.717, 1.165) is 11.1 Å². The van der Waals surface area contributed by atoms with Crippen molar-refractivity contribution in [2.75, 3.05) is 12.4 Å². The van der Waals surface area contributed by atoms with Crippen LogP contribution < -0.4 is 10.1 Å². The third-order valence-electron chi connectivity index (χ3n) is 5.43. The average Bonchev–Trinajstić information content (AvgIpc) is 2.89. The van der Waals surface area contributed by atoms with Crippen LogP contribution in [0.25, 0.3) is 0 Å². The van der Waals surface area contributed by atoms with Crippen LogP contribution in [0, 0.1) is 0 Å². The van der Waals surface area contributed by atoms with Crippen molar-refractivity contribution < 1.29 is 19.1 Å². The number of esters is 1. The summed E-state index contributed by atoms with van der Waals surface area (Å²) in [6.45, 7) is 0. The minimum absolute atomic E-state index is 0.440. The van der Waals surface area contributed by atoms with Gasteiger partial charge in [0.15, 0.2) is 0 Å². The molecule has 0 saturated heterocycles. The van der Waals surface area contributed by atoms with Gasteiger partial charge in [-0.2, -0.15) is 0 Å². The van der Waals surface area contributed by atoms with Gasteiger partial charge in [-0.1, -0.05) is 91.0 Å². The van der Waals surface area contributed by atoms with Crippen molar-refractivity contribution in [2.24, 2.45) is 0 Å². The lowest BCUT2D eigenvalue weighted by Crippen LogP contribution is -2.28. The Morgan fingerprint density at radius 2 is 1.12 bits per heavy atom. The number of amides is 1. The predicted molar refractivity (Wildman–Crippen MR) is 132 cm³/mol. The monoisotopic (exact) mass is 451 g/mol. The first-order valence-corrected chi connectivity index (χ1v) is 11.0. The summed E-state index contributed by atoms with van der Waals surface area (Å²) in [5, 5.41) is 2.84. The van der Waals surface area contributed by atoms with Gasteiger partial charge in [0, 0.05) is 11.3 Å². The highest BCUT2D eigenvalue weighted by atomic mass is 16.5. The molecule has 1 N–H and O–H groups in total. The molecule has 0 saturated carbocycles. The van der Waals surface area contributed by atoms with Gasteiger partial charge in [-0.15, -0.1) is 0 Å². The van der Waals surface area contributed by atoms with E-state index in [0.29, 0.717) is 17.0 Å². The Bertz CT molecular complexity index is 1170. The van der Waals surface area contributed by atoms with E-state index in [-0.39, 0.29) is 0 Å². The van der Waals surface area contributed by atoms with E-state index >= 15 is 0 Å². The van der Waals surface area contributed by atoms with E-state index < -0.39 is 23.9 Å². The van der Waals surface area contributed by atoms with E-state index in [1.54, 1.807) is 43.5 Å². The lowest BCUT2D eigenvalue weighted by molar-refractivity contribution is -0.155. The molecule has 0 bridgehead atoms. The number of benzene rings is 4. The van der Waals surface area contributed by atoms with Crippen LogP contribution in [-0.4, -0.2) is 19.0 Å². The number of rotatable bonds is 8. The van der Waals surface area contributed by atoms with Gasteiger partial charge < -0.3 is 14.8 Å². The van der Waals surface area contributed by atoms with Gasteiger partial charge in [-0.25, -0.2) is 0 Å². The number of carbonyl (C=O) groups excluding carboxylic acids is 2. The molecule has 0 spiro atoms. The van der Waals surface area contributed by atoms with Gasteiger partial charge in [0.2, 0.25) is 6.10 Å². The molecule has 170 valence electrons. The van der Waals surface area contributed by atoms with Crippen LogP contribution in [0.1, 0.15) is 28.7 Å². The molecular weight excluding hydrogens is 426 g/mol. The van der Waals surface area contributed by atoms with Crippen molar-refractivity contribution in [1.82, 2.24) is 0 Å². The van der Waals surface area contributed by atoms with E-state index in [9.17, 15) is 9.59 Å². The summed E-state index contributed by atoms with van der Waals surface area (Å²) in [6, 6.07) is 34.8. The molecule has 0 aromatic heterocycles. The molecule has 1 unspecified atom stereocenters. The lowest BCUT2D eigenvalue weighted by Gasteiger charge is -2.22. The molecule has 0 aliphatic carbocycles. The molecule has 4 aromatic rings. The number of methoxy groups -OCH3 is 1. The van der Waals surface area contributed by atoms with Crippen LogP contribution in [0.3, 0.4) is 0 Å². The topological polar surface area (TPSA) is 64.6 Å². The average molecular weight is 452 g/mol. The molecule has 1 atom stereocenters. The predicted octanol–water partition coefficient (Wildman–Crippen LogP) is 5.75. The van der Waals surface area contributed by atoms with Crippen LogP contribution in [0.15, 0.2) is 115 Å². The minimum atomic E-state index is -1.12. The number of anilines is 1. The van der Waals surface area contributed by atoms with Crippen molar-refractivity contribution in [1.29, 1.82) is 0 Å². The van der Waals surface area contributed by atoms with Crippen LogP contribution in [0.4, 0.5) is 5.69 Å². The smallest absolute Gasteiger partial charge is 0.319 e. The third kappa shape index (κ3) is 5.51. The fourth-order valence-corrected chi connectivity index (χ4v) is 3.72. The summed E-state index contributed by atoms with van der Waals surface area (Å²) in [5.74, 6) is -0.930. The van der Waals surface area contributed by atoms with Crippen molar-refractivity contribution in [3.8, 4) is 5.75 Å². The maximum absolute atomic E-state index is 13.5. The summed E-state index contributed by atoms with van der Waals surface area (Å²) in [7, 11) is 1.58. The minimum Gasteiger partial charge on any atom is -0.497 e. The second kappa shape index (κ2) is 11.0. The van der Waals surface area contributed by atoms with E-state index in [1.807, 2.05) is 78.9 Å². The first kappa shape index (κ1) is 22.8. The summed E-state index contributed by atoms with van der Waals surface area (Å²) in [4.78, 5) is 26.8. The van der Waals surface area contributed by atoms with E-state index in [2.05, 4.69) is 5.32 Å². The third-order valence-corrected chi connectivity index (χ3v) is 5.43. The lowest BCUT2D eigenvalue weighted by atomic mass is 9.91. The Balaban J connectivity index is 1.63. The number of nitrogens with one attached hydrogen (secondary N) is 1. The molecular formula is C29H25NO4. The highest BCUT2D eigenvalue weighted by molar-refractivity contribution is 5.96. The maximum atomic E-state index is 13.5. The van der Waals surface area contributed by atoms with Gasteiger partial charge >= 0.3 is 5.97 Å². The molecule has 0 fully saturated rings. The van der Waals surface area contributed by atoms with Crippen molar-refractivity contribution >= 4 is 17.6 Å². The number of hydrogen-bond acceptors (Lipinski definition) is 4. The van der Waals surface area contributed by atoms with E-state index in [1.165, 1.54) is 0 Å². The number of hydrogen-bond donors (Lipinski definition) is 1. The van der Waals surface area contributed by atoms with Crippen molar-refractivity contribution in [3.05, 3.63) is 132 Å². The SMILES string of the molecule is COc1ccc(NC(=O)C(OC(=O)C(c2ccccc2)c2ccccc2)c2ccccc2)cc1. The molecule has 5 nitrogen and oxygen atoms in total. The summed E-state index contributed by atoms with van der Waals surface area (Å²) < 4.78 is 11.1. The van der Waals surface area contributed by atoms with Gasteiger partial charge in [0.25, 0.3) is 5.91 Å². The highest BCUT2D eigenvalue weighted by Gasteiger charge is 2.31. The Morgan fingerprint density at radius 1 is 0.647 bits per heavy atom. The molecule has 4 rings (SSSR count). The van der Waals surface area contributed by atoms with Gasteiger partial charge in [-0.3, -0.25) is 9.59 Å². The zero-order chi connectivity index (χ0) is 23.8. The molecule has 0 aliphatic heterocycles. The molecule has 1 amide bonds. The Hall–Kier alpha value is -4.38. The highest BCUT2D eigenvalue weighted by Crippen LogP contribution is 2.30. The maximum Gasteiger partial charge on any atom is 0.319 e. The Kier molecular flexibility index (Phi) is 7.35. The second-order valence-electron chi connectivity index (χ2n) is 7.70. The first-order chi connectivity index (χ1) is 16.7. The molecule has 5 heteroatoms. The fraction of sp³-hybridized carbons (Fsp3) is 0.103. The largest absolute Gasteiger partial charge is 0.497 e. The van der Waals surface area contributed by atoms with Crippen LogP contribution in [0.2, 0.25) is 0 Å². The fourth-order valence-electron chi connectivity index (χ4n) is 3.72. The van der Waals surface area contributed by atoms with Gasteiger partial charge in [0.05, 0.1) is 7.11 Å². The summed E-state index contributed by atoms with van der Waals surface area (Å²) >= 11 is 0. The molecule has 0 heterocycles. The molecule has 0 radical (unpaired) electrons. The van der Waals surface area contributed by atoms with Crippen molar-refractivity contribution in [2.45, 2.75) is 12.0 Å². The quantitative estimate of drug-likeness (QED) is 0.347. The van der Waals surface area contributed by atoms with Gasteiger partial charge in [-0.05, 0) is 35.4 Å². The molecule has 34 heavy (non-hydrogen) atoms. The number of ether oxygens (including phenoxy) is 2. The first-order valence-electron chi connectivity index (χ1n) is 11.0. The van der Waals surface area contributed by atoms with Crippen LogP contribution in [0.5, 0.6) is 5.75 Å². The van der Waals surface area contributed by atoms with Crippen LogP contribution in [-0.2, 0) is 14.3 Å². The molecule has 0 aliphatic rings. The van der Waals surface area contributed by atoms with Crippen LogP contribution >= 0.6 is 0 Å². The van der Waals surface area contributed by atoms with Gasteiger partial charge in [0.1, 0.15) is 11.7 Å². The second-order valence-corrected chi connectivity index (χ2v) is 7.70.